The maximum atomic E-state index is 11.5. The minimum absolute atomic E-state index is 0. The Hall–Kier alpha value is 0.436. The fourth-order valence-corrected chi connectivity index (χ4v) is 1.38. The number of rotatable bonds is 3. The summed E-state index contributed by atoms with van der Waals surface area (Å²) in [7, 11) is -4.30. The quantitative estimate of drug-likeness (QED) is 0.390. The normalized spacial score (nSPS) is 12.7. The van der Waals surface area contributed by atoms with Crippen LogP contribution in [0.5, 0.6) is 0 Å². The molecule has 0 aromatic heterocycles. The average molecular weight is 253 g/mol. The Balaban J connectivity index is 0.00000196. The molecule has 1 aromatic rings. The Morgan fingerprint density at radius 3 is 2.13 bits per heavy atom. The number of ketones is 1. The topological polar surface area (TPSA) is 71.4 Å². The van der Waals surface area contributed by atoms with E-state index in [0.717, 1.165) is 6.92 Å². The molecule has 0 bridgehead atoms. The van der Waals surface area contributed by atoms with Crippen LogP contribution in [0.25, 0.3) is 0 Å². The number of benzene rings is 1. The van der Waals surface area contributed by atoms with Gasteiger partial charge in [0.05, 0.1) is 0 Å². The zero-order valence-corrected chi connectivity index (χ0v) is 12.5. The summed E-state index contributed by atoms with van der Waals surface area (Å²) >= 11 is 0. The number of hydrogen-bond donors (Lipinski definition) is 1. The van der Waals surface area contributed by atoms with E-state index in [4.69, 9.17) is 4.55 Å². The molecule has 0 aliphatic heterocycles. The van der Waals surface area contributed by atoms with Crippen molar-refractivity contribution >= 4 is 15.9 Å². The van der Waals surface area contributed by atoms with Gasteiger partial charge in [0.25, 0.3) is 10.1 Å². The first kappa shape index (κ1) is 15.4. The van der Waals surface area contributed by atoms with Gasteiger partial charge in [-0.2, -0.15) is 8.42 Å². The minimum atomic E-state index is -4.30. The average Bonchev–Trinajstić information content (AvgIpc) is 2.15. The Kier molecular flexibility index (Phi) is 6.42. The second kappa shape index (κ2) is 6.24. The summed E-state index contributed by atoms with van der Waals surface area (Å²) in [6, 6.07) is 7.98. The van der Waals surface area contributed by atoms with Gasteiger partial charge >= 0.3 is 51.4 Å². The fourth-order valence-electron chi connectivity index (χ4n) is 0.972. The van der Waals surface area contributed by atoms with Crippen molar-refractivity contribution in [1.82, 2.24) is 0 Å². The minimum Gasteiger partial charge on any atom is -0.293 e. The van der Waals surface area contributed by atoms with Crippen molar-refractivity contribution < 1.29 is 69.1 Å². The van der Waals surface area contributed by atoms with Crippen molar-refractivity contribution in [2.24, 2.45) is 0 Å². The maximum absolute atomic E-state index is 11.5. The summed E-state index contributed by atoms with van der Waals surface area (Å²) in [4.78, 5) is 11.5. The van der Waals surface area contributed by atoms with E-state index in [2.05, 4.69) is 0 Å². The van der Waals surface area contributed by atoms with E-state index in [1.807, 2.05) is 0 Å². The zero-order valence-electron chi connectivity index (χ0n) is 8.54. The first-order valence-corrected chi connectivity index (χ1v) is 5.49. The van der Waals surface area contributed by atoms with E-state index in [-0.39, 0.29) is 56.9 Å². The second-order valence-corrected chi connectivity index (χ2v) is 4.62. The summed E-state index contributed by atoms with van der Waals surface area (Å²) in [5, 5.41) is -1.41. The standard InChI is InChI=1S/C9H10O4S.K/c1-7(14(11,12)13)9(10)8-5-3-2-4-6-8;/h2-7H,1H3,(H,11,12,13);/q;+1. The maximum Gasteiger partial charge on any atom is 1.00 e. The van der Waals surface area contributed by atoms with E-state index in [9.17, 15) is 13.2 Å². The van der Waals surface area contributed by atoms with Gasteiger partial charge in [0.1, 0.15) is 5.25 Å². The van der Waals surface area contributed by atoms with Crippen LogP contribution in [0.1, 0.15) is 17.3 Å². The molecule has 0 heterocycles. The number of carbonyl (C=O) groups is 1. The van der Waals surface area contributed by atoms with E-state index in [1.165, 1.54) is 12.1 Å². The Bertz CT molecular complexity index is 427. The summed E-state index contributed by atoms with van der Waals surface area (Å²) in [6.07, 6.45) is 0. The molecule has 6 heteroatoms. The zero-order chi connectivity index (χ0) is 10.8. The summed E-state index contributed by atoms with van der Waals surface area (Å²) in [6.45, 7) is 1.16. The van der Waals surface area contributed by atoms with Crippen LogP contribution in [-0.4, -0.2) is 24.0 Å². The van der Waals surface area contributed by atoms with Crippen LogP contribution in [-0.2, 0) is 10.1 Å². The van der Waals surface area contributed by atoms with Gasteiger partial charge in [0, 0.05) is 5.56 Å². The Morgan fingerprint density at radius 1 is 1.27 bits per heavy atom. The van der Waals surface area contributed by atoms with E-state index in [0.29, 0.717) is 0 Å². The number of carbonyl (C=O) groups excluding carboxylic acids is 1. The van der Waals surface area contributed by atoms with Crippen LogP contribution in [0.15, 0.2) is 30.3 Å². The van der Waals surface area contributed by atoms with Gasteiger partial charge in [-0.3, -0.25) is 9.35 Å². The fraction of sp³-hybridized carbons (Fsp3) is 0.222. The summed E-state index contributed by atoms with van der Waals surface area (Å²) in [5.41, 5.74) is 0.276. The van der Waals surface area contributed by atoms with Gasteiger partial charge in [-0.1, -0.05) is 30.3 Å². The van der Waals surface area contributed by atoms with Gasteiger partial charge in [-0.15, -0.1) is 0 Å². The number of Topliss-reactive ketones (excluding diaryl/α,β-unsaturated/α-hetero) is 1. The van der Waals surface area contributed by atoms with Crippen LogP contribution in [0.3, 0.4) is 0 Å². The number of hydrogen-bond acceptors (Lipinski definition) is 3. The molecule has 0 aliphatic rings. The molecule has 15 heavy (non-hydrogen) atoms. The molecule has 0 saturated heterocycles. The molecular formula is C9H10KO4S+. The molecule has 1 unspecified atom stereocenters. The molecular weight excluding hydrogens is 243 g/mol. The van der Waals surface area contributed by atoms with Crippen LogP contribution in [0.4, 0.5) is 0 Å². The monoisotopic (exact) mass is 253 g/mol. The predicted octanol–water partition coefficient (Wildman–Crippen LogP) is -1.85. The molecule has 4 nitrogen and oxygen atoms in total. The first-order chi connectivity index (χ1) is 6.43. The van der Waals surface area contributed by atoms with Crippen LogP contribution < -0.4 is 51.4 Å². The smallest absolute Gasteiger partial charge is 0.293 e. The van der Waals surface area contributed by atoms with Crippen LogP contribution in [0, 0.1) is 0 Å². The molecule has 0 amide bonds. The molecule has 0 radical (unpaired) electrons. The van der Waals surface area contributed by atoms with Crippen molar-refractivity contribution in [3.05, 3.63) is 35.9 Å². The van der Waals surface area contributed by atoms with Gasteiger partial charge < -0.3 is 0 Å². The molecule has 0 saturated carbocycles. The van der Waals surface area contributed by atoms with Crippen LogP contribution >= 0.6 is 0 Å². The van der Waals surface area contributed by atoms with Gasteiger partial charge in [0.2, 0.25) is 0 Å². The van der Waals surface area contributed by atoms with Crippen molar-refractivity contribution in [2.45, 2.75) is 12.2 Å². The molecule has 0 fully saturated rings. The third-order valence-electron chi connectivity index (χ3n) is 1.87. The molecule has 1 atom stereocenters. The van der Waals surface area contributed by atoms with Crippen molar-refractivity contribution in [3.63, 3.8) is 0 Å². The predicted molar refractivity (Wildman–Crippen MR) is 51.8 cm³/mol. The molecule has 0 spiro atoms. The molecule has 76 valence electrons. The third kappa shape index (κ3) is 4.44. The Labute approximate surface area is 131 Å². The molecule has 1 aromatic carbocycles. The molecule has 1 N–H and O–H groups in total. The van der Waals surface area contributed by atoms with Gasteiger partial charge in [0.15, 0.2) is 5.78 Å². The molecule has 0 aliphatic carbocycles. The molecule has 1 rings (SSSR count). The van der Waals surface area contributed by atoms with Crippen molar-refractivity contribution in [2.75, 3.05) is 0 Å². The van der Waals surface area contributed by atoms with Gasteiger partial charge in [-0.25, -0.2) is 0 Å². The SMILES string of the molecule is CC(C(=O)c1ccccc1)S(=O)(=O)O.[K+]. The second-order valence-electron chi connectivity index (χ2n) is 2.89. The van der Waals surface area contributed by atoms with E-state index < -0.39 is 21.2 Å². The van der Waals surface area contributed by atoms with E-state index >= 15 is 0 Å². The van der Waals surface area contributed by atoms with Crippen LogP contribution in [0.2, 0.25) is 0 Å². The van der Waals surface area contributed by atoms with E-state index in [1.54, 1.807) is 18.2 Å². The van der Waals surface area contributed by atoms with Gasteiger partial charge in [-0.05, 0) is 6.92 Å². The summed E-state index contributed by atoms with van der Waals surface area (Å²) in [5.74, 6) is -0.604. The largest absolute Gasteiger partial charge is 1.00 e. The first-order valence-electron chi connectivity index (χ1n) is 3.98. The van der Waals surface area contributed by atoms with Crippen molar-refractivity contribution in [1.29, 1.82) is 0 Å². The summed E-state index contributed by atoms with van der Waals surface area (Å²) < 4.78 is 30.0. The van der Waals surface area contributed by atoms with Crippen molar-refractivity contribution in [3.8, 4) is 0 Å². The third-order valence-corrected chi connectivity index (χ3v) is 2.98. The Morgan fingerprint density at radius 2 is 1.73 bits per heavy atom.